The zero-order valence-electron chi connectivity index (χ0n) is 14.0. The second-order valence-corrected chi connectivity index (χ2v) is 6.42. The van der Waals surface area contributed by atoms with Gasteiger partial charge in [-0.05, 0) is 24.1 Å². The van der Waals surface area contributed by atoms with E-state index in [2.05, 4.69) is 32.4 Å². The van der Waals surface area contributed by atoms with Crippen LogP contribution in [0.2, 0.25) is 0 Å². The van der Waals surface area contributed by atoms with Crippen molar-refractivity contribution in [3.05, 3.63) is 48.0 Å². The van der Waals surface area contributed by atoms with E-state index < -0.39 is 6.09 Å². The number of aliphatic hydroxyl groups excluding tert-OH is 1. The molecule has 3 N–H and O–H groups in total. The van der Waals surface area contributed by atoms with Gasteiger partial charge in [0, 0.05) is 25.2 Å². The molecule has 0 aliphatic carbocycles. The SMILES string of the molecule is O=C(O)Nc1nc2cccc(-c3ccc(CN4CC[C@H](O)C4)cc3)n2n1. The highest BCUT2D eigenvalue weighted by molar-refractivity contribution is 5.80. The predicted octanol–water partition coefficient (Wildman–Crippen LogP) is 2.05. The second-order valence-electron chi connectivity index (χ2n) is 6.42. The second kappa shape index (κ2) is 6.74. The molecule has 0 unspecified atom stereocenters. The maximum Gasteiger partial charge on any atom is 0.411 e. The molecule has 0 saturated carbocycles. The fourth-order valence-corrected chi connectivity index (χ4v) is 3.27. The lowest BCUT2D eigenvalue weighted by molar-refractivity contribution is 0.175. The molecule has 1 saturated heterocycles. The van der Waals surface area contributed by atoms with E-state index >= 15 is 0 Å². The van der Waals surface area contributed by atoms with Crippen LogP contribution in [0.3, 0.4) is 0 Å². The van der Waals surface area contributed by atoms with Crippen LogP contribution < -0.4 is 5.32 Å². The van der Waals surface area contributed by atoms with Crippen LogP contribution in [0.25, 0.3) is 16.9 Å². The molecule has 1 aliphatic rings. The average Bonchev–Trinajstić information content (AvgIpc) is 3.20. The van der Waals surface area contributed by atoms with E-state index in [1.807, 2.05) is 24.3 Å². The predicted molar refractivity (Wildman–Crippen MR) is 96.0 cm³/mol. The van der Waals surface area contributed by atoms with Gasteiger partial charge in [0.25, 0.3) is 5.95 Å². The van der Waals surface area contributed by atoms with Gasteiger partial charge in [-0.25, -0.2) is 9.31 Å². The third-order valence-corrected chi connectivity index (χ3v) is 4.48. The van der Waals surface area contributed by atoms with E-state index in [1.54, 1.807) is 10.6 Å². The van der Waals surface area contributed by atoms with E-state index in [4.69, 9.17) is 5.11 Å². The molecule has 4 rings (SSSR count). The Hall–Kier alpha value is -2.97. The number of anilines is 1. The van der Waals surface area contributed by atoms with Gasteiger partial charge in [-0.2, -0.15) is 4.98 Å². The lowest BCUT2D eigenvalue weighted by Gasteiger charge is -2.15. The van der Waals surface area contributed by atoms with Crippen LogP contribution in [-0.2, 0) is 6.54 Å². The number of nitrogens with one attached hydrogen (secondary N) is 1. The summed E-state index contributed by atoms with van der Waals surface area (Å²) in [6, 6.07) is 13.7. The lowest BCUT2D eigenvalue weighted by Crippen LogP contribution is -2.21. The van der Waals surface area contributed by atoms with Crippen molar-refractivity contribution in [3.63, 3.8) is 0 Å². The van der Waals surface area contributed by atoms with Gasteiger partial charge in [0.2, 0.25) is 0 Å². The fourth-order valence-electron chi connectivity index (χ4n) is 3.27. The first kappa shape index (κ1) is 16.5. The van der Waals surface area contributed by atoms with Crippen molar-refractivity contribution in [1.29, 1.82) is 0 Å². The minimum Gasteiger partial charge on any atom is -0.465 e. The third kappa shape index (κ3) is 3.37. The molecular weight excluding hydrogens is 334 g/mol. The summed E-state index contributed by atoms with van der Waals surface area (Å²) in [7, 11) is 0. The van der Waals surface area contributed by atoms with Gasteiger partial charge in [0.1, 0.15) is 0 Å². The minimum absolute atomic E-state index is 0.0501. The first-order valence-corrected chi connectivity index (χ1v) is 8.44. The first-order chi connectivity index (χ1) is 12.6. The highest BCUT2D eigenvalue weighted by atomic mass is 16.4. The number of carboxylic acid groups (broad SMARTS) is 1. The van der Waals surface area contributed by atoms with Crippen LogP contribution in [0.15, 0.2) is 42.5 Å². The van der Waals surface area contributed by atoms with E-state index in [-0.39, 0.29) is 12.1 Å². The molecule has 134 valence electrons. The summed E-state index contributed by atoms with van der Waals surface area (Å²) < 4.78 is 1.62. The summed E-state index contributed by atoms with van der Waals surface area (Å²) in [4.78, 5) is 17.2. The first-order valence-electron chi connectivity index (χ1n) is 8.44. The maximum atomic E-state index is 10.8. The number of carbonyl (C=O) groups is 1. The zero-order chi connectivity index (χ0) is 18.1. The van der Waals surface area contributed by atoms with Crippen molar-refractivity contribution in [1.82, 2.24) is 19.5 Å². The Morgan fingerprint density at radius 2 is 2.04 bits per heavy atom. The number of likely N-dealkylation sites (tertiary alicyclic amines) is 1. The third-order valence-electron chi connectivity index (χ3n) is 4.48. The van der Waals surface area contributed by atoms with Crippen molar-refractivity contribution in [2.75, 3.05) is 18.4 Å². The van der Waals surface area contributed by atoms with Crippen molar-refractivity contribution in [2.24, 2.45) is 0 Å². The molecule has 3 aromatic rings. The number of β-amino-alcohol motifs (C(OH)–C–C–N with tert-alkyl or cyclic N) is 1. The van der Waals surface area contributed by atoms with Crippen LogP contribution in [0.5, 0.6) is 0 Å². The number of fused-ring (bicyclic) bond motifs is 1. The molecule has 0 radical (unpaired) electrons. The number of rotatable bonds is 4. The molecule has 0 bridgehead atoms. The van der Waals surface area contributed by atoms with Crippen LogP contribution >= 0.6 is 0 Å². The fraction of sp³-hybridized carbons (Fsp3) is 0.278. The molecule has 8 nitrogen and oxygen atoms in total. The summed E-state index contributed by atoms with van der Waals surface area (Å²) >= 11 is 0. The van der Waals surface area contributed by atoms with Crippen LogP contribution in [0, 0.1) is 0 Å². The van der Waals surface area contributed by atoms with Crippen molar-refractivity contribution in [3.8, 4) is 11.3 Å². The maximum absolute atomic E-state index is 10.8. The van der Waals surface area contributed by atoms with Gasteiger partial charge in [0.05, 0.1) is 11.8 Å². The quantitative estimate of drug-likeness (QED) is 0.663. The molecule has 3 heterocycles. The van der Waals surface area contributed by atoms with Crippen LogP contribution in [0.1, 0.15) is 12.0 Å². The minimum atomic E-state index is -1.20. The van der Waals surface area contributed by atoms with Gasteiger partial charge < -0.3 is 10.2 Å². The summed E-state index contributed by atoms with van der Waals surface area (Å²) in [5, 5.41) is 24.8. The molecule has 1 aliphatic heterocycles. The lowest BCUT2D eigenvalue weighted by atomic mass is 10.1. The monoisotopic (exact) mass is 353 g/mol. The summed E-state index contributed by atoms with van der Waals surface area (Å²) in [6.07, 6.45) is -0.578. The molecule has 2 aromatic heterocycles. The molecular formula is C18H19N5O3. The number of aromatic nitrogens is 3. The van der Waals surface area contributed by atoms with E-state index in [0.717, 1.165) is 37.3 Å². The van der Waals surface area contributed by atoms with Crippen LogP contribution in [-0.4, -0.2) is 55.0 Å². The van der Waals surface area contributed by atoms with Gasteiger partial charge in [-0.1, -0.05) is 30.3 Å². The number of hydrogen-bond acceptors (Lipinski definition) is 5. The molecule has 8 heteroatoms. The van der Waals surface area contributed by atoms with Gasteiger partial charge >= 0.3 is 6.09 Å². The van der Waals surface area contributed by atoms with E-state index in [9.17, 15) is 9.90 Å². The van der Waals surface area contributed by atoms with Gasteiger partial charge in [-0.3, -0.25) is 10.2 Å². The Morgan fingerprint density at radius 3 is 2.73 bits per heavy atom. The highest BCUT2D eigenvalue weighted by Crippen LogP contribution is 2.22. The topological polar surface area (TPSA) is 103 Å². The Bertz CT molecular complexity index is 938. The van der Waals surface area contributed by atoms with Crippen molar-refractivity contribution < 1.29 is 15.0 Å². The van der Waals surface area contributed by atoms with E-state index in [0.29, 0.717) is 5.65 Å². The normalized spacial score (nSPS) is 17.7. The molecule has 1 amide bonds. The Kier molecular flexibility index (Phi) is 4.27. The zero-order valence-corrected chi connectivity index (χ0v) is 14.0. The molecule has 26 heavy (non-hydrogen) atoms. The number of nitrogens with zero attached hydrogens (tertiary/aromatic N) is 4. The number of amides is 1. The number of pyridine rings is 1. The standard InChI is InChI=1S/C18H19N5O3/c24-14-8-9-22(11-14)10-12-4-6-13(7-5-12)15-2-1-3-16-19-17(20-18(25)26)21-23(15)16/h1-7,14,24H,8-11H2,(H,20,21)(H,25,26)/t14-/m0/s1. The average molecular weight is 353 g/mol. The van der Waals surface area contributed by atoms with Gasteiger partial charge in [0.15, 0.2) is 5.65 Å². The number of hydrogen-bond donors (Lipinski definition) is 3. The smallest absolute Gasteiger partial charge is 0.411 e. The molecule has 1 aromatic carbocycles. The van der Waals surface area contributed by atoms with Crippen molar-refractivity contribution >= 4 is 17.7 Å². The molecule has 0 spiro atoms. The summed E-state index contributed by atoms with van der Waals surface area (Å²) in [5.74, 6) is 0.0501. The molecule has 1 atom stereocenters. The Balaban J connectivity index is 1.58. The Morgan fingerprint density at radius 1 is 1.23 bits per heavy atom. The Labute approximate surface area is 149 Å². The largest absolute Gasteiger partial charge is 0.465 e. The van der Waals surface area contributed by atoms with E-state index in [1.165, 1.54) is 5.56 Å². The number of benzene rings is 1. The van der Waals surface area contributed by atoms with Gasteiger partial charge in [-0.15, -0.1) is 5.10 Å². The summed E-state index contributed by atoms with van der Waals surface area (Å²) in [6.45, 7) is 2.46. The number of aliphatic hydroxyl groups is 1. The van der Waals surface area contributed by atoms with Crippen LogP contribution in [0.4, 0.5) is 10.7 Å². The van der Waals surface area contributed by atoms with Crippen molar-refractivity contribution in [2.45, 2.75) is 19.1 Å². The molecule has 1 fully saturated rings. The highest BCUT2D eigenvalue weighted by Gasteiger charge is 2.20. The summed E-state index contributed by atoms with van der Waals surface area (Å²) in [5.41, 5.74) is 3.55.